The third-order valence-corrected chi connectivity index (χ3v) is 8.58. The SMILES string of the molecule is CN1Cc2cc(CN3CCCC4(CCN(Cc5ccncc5)C4=O)C3)c(CC(C)(C)C)c3nc(C#N)nc1c23. The van der Waals surface area contributed by atoms with Crippen LogP contribution in [0, 0.1) is 22.2 Å². The minimum Gasteiger partial charge on any atom is -0.355 e. The monoisotopic (exact) mass is 523 g/mol. The molecule has 3 aliphatic heterocycles. The van der Waals surface area contributed by atoms with Crippen LogP contribution in [-0.4, -0.2) is 57.3 Å². The van der Waals surface area contributed by atoms with Gasteiger partial charge >= 0.3 is 0 Å². The van der Waals surface area contributed by atoms with Crippen molar-refractivity contribution in [2.75, 3.05) is 31.6 Å². The summed E-state index contributed by atoms with van der Waals surface area (Å²) in [5, 5.41) is 10.8. The molecule has 39 heavy (non-hydrogen) atoms. The number of piperidine rings is 1. The molecule has 1 amide bonds. The first kappa shape index (κ1) is 25.7. The molecule has 3 aliphatic rings. The third kappa shape index (κ3) is 4.74. The summed E-state index contributed by atoms with van der Waals surface area (Å²) in [6, 6.07) is 8.52. The molecule has 1 unspecified atom stereocenters. The van der Waals surface area contributed by atoms with Crippen molar-refractivity contribution in [3.8, 4) is 6.07 Å². The van der Waals surface area contributed by atoms with E-state index in [0.717, 1.165) is 80.7 Å². The van der Waals surface area contributed by atoms with Gasteiger partial charge in [0.1, 0.15) is 11.9 Å². The summed E-state index contributed by atoms with van der Waals surface area (Å²) in [5.74, 6) is 1.39. The average molecular weight is 524 g/mol. The number of carbonyl (C=O) groups is 1. The number of rotatable bonds is 5. The van der Waals surface area contributed by atoms with Gasteiger partial charge in [0.15, 0.2) is 0 Å². The maximum absolute atomic E-state index is 13.8. The van der Waals surface area contributed by atoms with Gasteiger partial charge in [-0.05, 0) is 72.0 Å². The van der Waals surface area contributed by atoms with Crippen molar-refractivity contribution in [1.82, 2.24) is 24.8 Å². The lowest BCUT2D eigenvalue weighted by molar-refractivity contribution is -0.139. The molecule has 2 aromatic heterocycles. The fourth-order valence-electron chi connectivity index (χ4n) is 6.87. The summed E-state index contributed by atoms with van der Waals surface area (Å²) in [6.45, 7) is 11.6. The lowest BCUT2D eigenvalue weighted by atomic mass is 9.78. The van der Waals surface area contributed by atoms with E-state index in [4.69, 9.17) is 4.98 Å². The summed E-state index contributed by atoms with van der Waals surface area (Å²) in [5.41, 5.74) is 5.53. The molecule has 2 saturated heterocycles. The highest BCUT2D eigenvalue weighted by atomic mass is 16.2. The molecule has 8 nitrogen and oxygen atoms in total. The van der Waals surface area contributed by atoms with Crippen molar-refractivity contribution in [3.63, 3.8) is 0 Å². The molecular formula is C31H37N7O. The van der Waals surface area contributed by atoms with Gasteiger partial charge in [0.2, 0.25) is 11.7 Å². The molecule has 2 fully saturated rings. The molecule has 3 aromatic rings. The zero-order valence-corrected chi connectivity index (χ0v) is 23.5. The molecule has 1 aromatic carbocycles. The van der Waals surface area contributed by atoms with E-state index in [2.05, 4.69) is 52.7 Å². The summed E-state index contributed by atoms with van der Waals surface area (Å²) < 4.78 is 0. The van der Waals surface area contributed by atoms with Crippen molar-refractivity contribution in [3.05, 3.63) is 58.7 Å². The largest absolute Gasteiger partial charge is 0.355 e. The summed E-state index contributed by atoms with van der Waals surface area (Å²) in [6.07, 6.45) is 7.35. The number of nitriles is 1. The molecule has 8 heteroatoms. The molecule has 0 N–H and O–H groups in total. The molecule has 1 spiro atoms. The Labute approximate surface area is 230 Å². The van der Waals surface area contributed by atoms with E-state index in [-0.39, 0.29) is 16.7 Å². The van der Waals surface area contributed by atoms with E-state index < -0.39 is 0 Å². The maximum Gasteiger partial charge on any atom is 0.234 e. The number of aromatic nitrogens is 3. The predicted molar refractivity (Wildman–Crippen MR) is 151 cm³/mol. The van der Waals surface area contributed by atoms with E-state index in [9.17, 15) is 10.1 Å². The van der Waals surface area contributed by atoms with Gasteiger partial charge < -0.3 is 9.80 Å². The Morgan fingerprint density at radius 3 is 2.64 bits per heavy atom. The minimum absolute atomic E-state index is 0.0546. The Hall–Kier alpha value is -3.57. The zero-order chi connectivity index (χ0) is 27.4. The van der Waals surface area contributed by atoms with Crippen molar-refractivity contribution in [1.29, 1.82) is 5.26 Å². The highest BCUT2D eigenvalue weighted by molar-refractivity contribution is 5.98. The van der Waals surface area contributed by atoms with Gasteiger partial charge in [-0.2, -0.15) is 5.26 Å². The first-order chi connectivity index (χ1) is 18.7. The molecular weight excluding hydrogens is 486 g/mol. The van der Waals surface area contributed by atoms with Gasteiger partial charge in [-0.3, -0.25) is 14.7 Å². The molecule has 202 valence electrons. The first-order valence-electron chi connectivity index (χ1n) is 14.0. The van der Waals surface area contributed by atoms with Crippen LogP contribution < -0.4 is 4.90 Å². The Kier molecular flexibility index (Phi) is 6.30. The second kappa shape index (κ2) is 9.56. The predicted octanol–water partition coefficient (Wildman–Crippen LogP) is 4.45. The minimum atomic E-state index is -0.299. The van der Waals surface area contributed by atoms with Gasteiger partial charge in [-0.15, -0.1) is 0 Å². The first-order valence-corrected chi connectivity index (χ1v) is 14.0. The summed E-state index contributed by atoms with van der Waals surface area (Å²) in [7, 11) is 2.03. The molecule has 1 atom stereocenters. The number of pyridine rings is 1. The summed E-state index contributed by atoms with van der Waals surface area (Å²) >= 11 is 0. The van der Waals surface area contributed by atoms with Gasteiger partial charge in [0, 0.05) is 57.6 Å². The molecule has 0 aliphatic carbocycles. The van der Waals surface area contributed by atoms with Gasteiger partial charge in [-0.1, -0.05) is 26.8 Å². The van der Waals surface area contributed by atoms with E-state index in [1.807, 2.05) is 24.1 Å². The Balaban J connectivity index is 1.31. The van der Waals surface area contributed by atoms with Gasteiger partial charge in [-0.25, -0.2) is 9.97 Å². The number of benzene rings is 1. The van der Waals surface area contributed by atoms with Gasteiger partial charge in [0.25, 0.3) is 0 Å². The number of carbonyl (C=O) groups excluding carboxylic acids is 1. The smallest absolute Gasteiger partial charge is 0.234 e. The van der Waals surface area contributed by atoms with E-state index in [0.29, 0.717) is 12.5 Å². The lowest BCUT2D eigenvalue weighted by Crippen LogP contribution is -2.47. The number of anilines is 1. The van der Waals surface area contributed by atoms with E-state index in [1.54, 1.807) is 12.4 Å². The quantitative estimate of drug-likeness (QED) is 0.488. The number of hydrogen-bond donors (Lipinski definition) is 0. The number of amides is 1. The van der Waals surface area contributed by atoms with Crippen LogP contribution in [0.4, 0.5) is 5.82 Å². The number of hydrogen-bond acceptors (Lipinski definition) is 7. The van der Waals surface area contributed by atoms with Crippen LogP contribution in [0.5, 0.6) is 0 Å². The van der Waals surface area contributed by atoms with Crippen LogP contribution in [0.25, 0.3) is 10.9 Å². The standard InChI is InChI=1S/C31H37N7O/c1-30(2,3)15-24-22(14-23-18-36(4)28-26(23)27(24)34-25(16-32)35-28)19-37-12-5-8-31(20-37)9-13-38(29(31)39)17-21-6-10-33-11-7-21/h6-7,10-11,14H,5,8-9,12-13,15,17-20H2,1-4H3. The fraction of sp³-hybridized carbons (Fsp3) is 0.516. The fourth-order valence-corrected chi connectivity index (χ4v) is 6.87. The van der Waals surface area contributed by atoms with Crippen LogP contribution in [0.1, 0.15) is 68.1 Å². The molecule has 5 heterocycles. The molecule has 6 rings (SSSR count). The van der Waals surface area contributed by atoms with E-state index in [1.165, 1.54) is 16.7 Å². The molecule has 0 saturated carbocycles. The number of nitrogens with zero attached hydrogens (tertiary/aromatic N) is 7. The van der Waals surface area contributed by atoms with Crippen molar-refractivity contribution < 1.29 is 4.79 Å². The van der Waals surface area contributed by atoms with Crippen LogP contribution in [-0.2, 0) is 30.8 Å². The average Bonchev–Trinajstić information content (AvgIpc) is 3.37. The summed E-state index contributed by atoms with van der Waals surface area (Å²) in [4.78, 5) is 33.8. The van der Waals surface area contributed by atoms with Crippen LogP contribution in [0.2, 0.25) is 0 Å². The van der Waals surface area contributed by atoms with Crippen LogP contribution in [0.15, 0.2) is 30.6 Å². The highest BCUT2D eigenvalue weighted by Gasteiger charge is 2.48. The Bertz CT molecular complexity index is 1470. The zero-order valence-electron chi connectivity index (χ0n) is 23.5. The Morgan fingerprint density at radius 2 is 1.90 bits per heavy atom. The Morgan fingerprint density at radius 1 is 1.10 bits per heavy atom. The van der Waals surface area contributed by atoms with Crippen molar-refractivity contribution in [2.45, 2.75) is 66.1 Å². The third-order valence-electron chi connectivity index (χ3n) is 8.58. The maximum atomic E-state index is 13.8. The van der Waals surface area contributed by atoms with Crippen molar-refractivity contribution >= 4 is 22.6 Å². The molecule has 0 bridgehead atoms. The molecule has 0 radical (unpaired) electrons. The van der Waals surface area contributed by atoms with Crippen molar-refractivity contribution in [2.24, 2.45) is 10.8 Å². The lowest BCUT2D eigenvalue weighted by Gasteiger charge is -2.39. The second-order valence-electron chi connectivity index (χ2n) is 12.9. The van der Waals surface area contributed by atoms with Gasteiger partial charge in [0.05, 0.1) is 10.9 Å². The van der Waals surface area contributed by atoms with Crippen LogP contribution >= 0.6 is 0 Å². The van der Waals surface area contributed by atoms with Crippen LogP contribution in [0.3, 0.4) is 0 Å². The highest BCUT2D eigenvalue weighted by Crippen LogP contribution is 2.43. The topological polar surface area (TPSA) is 89.2 Å². The number of likely N-dealkylation sites (tertiary alicyclic amines) is 2. The second-order valence-corrected chi connectivity index (χ2v) is 12.9. The van der Waals surface area contributed by atoms with E-state index >= 15 is 0 Å². The normalized spacial score (nSPS) is 21.4.